The maximum atomic E-state index is 12.4. The Kier molecular flexibility index (Phi) is 5.23. The molecular formula is C18H18BrN3O3. The molecule has 0 unspecified atom stereocenters. The molecule has 0 saturated heterocycles. The molecule has 0 aliphatic rings. The largest absolute Gasteiger partial charge is 0.495 e. The third kappa shape index (κ3) is 3.76. The SMILES string of the molecule is COc1cc(C(=O)NCCc2nc3ccccc3[nH]2)cc(OC)c1Br. The maximum Gasteiger partial charge on any atom is 0.251 e. The number of amides is 1. The molecule has 1 amide bonds. The summed E-state index contributed by atoms with van der Waals surface area (Å²) in [6.07, 6.45) is 0.616. The average molecular weight is 404 g/mol. The van der Waals surface area contributed by atoms with Gasteiger partial charge in [0, 0.05) is 18.5 Å². The van der Waals surface area contributed by atoms with Crippen LogP contribution in [0.4, 0.5) is 0 Å². The lowest BCUT2D eigenvalue weighted by atomic mass is 10.2. The number of fused-ring (bicyclic) bond motifs is 1. The lowest BCUT2D eigenvalue weighted by Gasteiger charge is -2.11. The molecule has 0 fully saturated rings. The van der Waals surface area contributed by atoms with Crippen molar-refractivity contribution < 1.29 is 14.3 Å². The normalized spacial score (nSPS) is 10.7. The zero-order valence-electron chi connectivity index (χ0n) is 13.9. The van der Waals surface area contributed by atoms with E-state index in [2.05, 4.69) is 31.2 Å². The second kappa shape index (κ2) is 7.57. The molecular weight excluding hydrogens is 386 g/mol. The number of carbonyl (C=O) groups is 1. The van der Waals surface area contributed by atoms with Gasteiger partial charge in [-0.05, 0) is 40.2 Å². The predicted molar refractivity (Wildman–Crippen MR) is 99.4 cm³/mol. The summed E-state index contributed by atoms with van der Waals surface area (Å²) < 4.78 is 11.2. The summed E-state index contributed by atoms with van der Waals surface area (Å²) in [5.74, 6) is 1.73. The number of methoxy groups -OCH3 is 2. The predicted octanol–water partition coefficient (Wildman–Crippen LogP) is 3.32. The Morgan fingerprint density at radius 1 is 1.20 bits per heavy atom. The van der Waals surface area contributed by atoms with Gasteiger partial charge in [-0.2, -0.15) is 0 Å². The molecule has 0 atom stereocenters. The highest BCUT2D eigenvalue weighted by Gasteiger charge is 2.14. The number of imidazole rings is 1. The number of hydrogen-bond donors (Lipinski definition) is 2. The van der Waals surface area contributed by atoms with Crippen molar-refractivity contribution in [1.82, 2.24) is 15.3 Å². The van der Waals surface area contributed by atoms with Gasteiger partial charge < -0.3 is 19.8 Å². The van der Waals surface area contributed by atoms with Crippen LogP contribution in [0.2, 0.25) is 0 Å². The minimum atomic E-state index is -0.194. The minimum Gasteiger partial charge on any atom is -0.495 e. The van der Waals surface area contributed by atoms with Gasteiger partial charge in [0.2, 0.25) is 0 Å². The van der Waals surface area contributed by atoms with E-state index in [0.717, 1.165) is 16.9 Å². The first-order valence-electron chi connectivity index (χ1n) is 7.75. The lowest BCUT2D eigenvalue weighted by molar-refractivity contribution is 0.0953. The van der Waals surface area contributed by atoms with Gasteiger partial charge in [0.05, 0.1) is 25.3 Å². The number of aromatic amines is 1. The molecule has 0 bridgehead atoms. The Morgan fingerprint density at radius 2 is 1.88 bits per heavy atom. The molecule has 2 aromatic carbocycles. The molecule has 0 aliphatic heterocycles. The summed E-state index contributed by atoms with van der Waals surface area (Å²) in [5.41, 5.74) is 2.39. The fourth-order valence-corrected chi connectivity index (χ4v) is 3.07. The topological polar surface area (TPSA) is 76.2 Å². The molecule has 130 valence electrons. The molecule has 6 nitrogen and oxygen atoms in total. The van der Waals surface area contributed by atoms with Gasteiger partial charge in [0.15, 0.2) is 0 Å². The second-order valence-corrected chi connectivity index (χ2v) is 6.19. The van der Waals surface area contributed by atoms with E-state index in [4.69, 9.17) is 9.47 Å². The third-order valence-electron chi connectivity index (χ3n) is 3.79. The highest BCUT2D eigenvalue weighted by atomic mass is 79.9. The summed E-state index contributed by atoms with van der Waals surface area (Å²) in [7, 11) is 3.09. The van der Waals surface area contributed by atoms with Crippen LogP contribution in [-0.2, 0) is 6.42 Å². The number of H-pyrrole nitrogens is 1. The molecule has 0 spiro atoms. The van der Waals surface area contributed by atoms with E-state index in [1.54, 1.807) is 26.4 Å². The van der Waals surface area contributed by atoms with Crippen LogP contribution >= 0.6 is 15.9 Å². The highest BCUT2D eigenvalue weighted by Crippen LogP contribution is 2.35. The first kappa shape index (κ1) is 17.3. The molecule has 3 rings (SSSR count). The molecule has 7 heteroatoms. The Hall–Kier alpha value is -2.54. The molecule has 0 aliphatic carbocycles. The van der Waals surface area contributed by atoms with E-state index in [0.29, 0.717) is 34.5 Å². The second-order valence-electron chi connectivity index (χ2n) is 5.40. The van der Waals surface area contributed by atoms with Gasteiger partial charge in [-0.25, -0.2) is 4.98 Å². The van der Waals surface area contributed by atoms with Gasteiger partial charge >= 0.3 is 0 Å². The van der Waals surface area contributed by atoms with Gasteiger partial charge in [-0.15, -0.1) is 0 Å². The fourth-order valence-electron chi connectivity index (χ4n) is 2.52. The number of para-hydroxylation sites is 2. The van der Waals surface area contributed by atoms with Crippen molar-refractivity contribution >= 4 is 32.9 Å². The van der Waals surface area contributed by atoms with Crippen LogP contribution in [0.15, 0.2) is 40.9 Å². The number of rotatable bonds is 6. The zero-order chi connectivity index (χ0) is 17.8. The van der Waals surface area contributed by atoms with Crippen molar-refractivity contribution in [2.24, 2.45) is 0 Å². The average Bonchev–Trinajstić information content (AvgIpc) is 3.04. The van der Waals surface area contributed by atoms with Gasteiger partial charge in [-0.3, -0.25) is 4.79 Å². The molecule has 0 saturated carbocycles. The number of halogens is 1. The molecule has 25 heavy (non-hydrogen) atoms. The van der Waals surface area contributed by atoms with Crippen molar-refractivity contribution in [1.29, 1.82) is 0 Å². The lowest BCUT2D eigenvalue weighted by Crippen LogP contribution is -2.26. The summed E-state index contributed by atoms with van der Waals surface area (Å²) in [4.78, 5) is 20.1. The molecule has 0 radical (unpaired) electrons. The fraction of sp³-hybridized carbons (Fsp3) is 0.222. The van der Waals surface area contributed by atoms with Gasteiger partial charge in [0.1, 0.15) is 21.8 Å². The van der Waals surface area contributed by atoms with Gasteiger partial charge in [-0.1, -0.05) is 12.1 Å². The van der Waals surface area contributed by atoms with Gasteiger partial charge in [0.25, 0.3) is 5.91 Å². The van der Waals surface area contributed by atoms with Crippen LogP contribution in [0.25, 0.3) is 11.0 Å². The van der Waals surface area contributed by atoms with Crippen LogP contribution in [0.3, 0.4) is 0 Å². The smallest absolute Gasteiger partial charge is 0.251 e. The van der Waals surface area contributed by atoms with E-state index in [-0.39, 0.29) is 5.91 Å². The number of carbonyl (C=O) groups excluding carboxylic acids is 1. The number of nitrogens with one attached hydrogen (secondary N) is 2. The van der Waals surface area contributed by atoms with Crippen LogP contribution in [0, 0.1) is 0 Å². The summed E-state index contributed by atoms with van der Waals surface area (Å²) in [6, 6.07) is 11.2. The van der Waals surface area contributed by atoms with E-state index < -0.39 is 0 Å². The van der Waals surface area contributed by atoms with E-state index >= 15 is 0 Å². The molecule has 3 aromatic rings. The zero-order valence-corrected chi connectivity index (χ0v) is 15.5. The summed E-state index contributed by atoms with van der Waals surface area (Å²) in [5, 5.41) is 2.89. The monoisotopic (exact) mass is 403 g/mol. The Balaban J connectivity index is 1.66. The van der Waals surface area contributed by atoms with Crippen molar-refractivity contribution in [3.05, 3.63) is 52.3 Å². The molecule has 1 aromatic heterocycles. The quantitative estimate of drug-likeness (QED) is 0.661. The Morgan fingerprint density at radius 3 is 2.52 bits per heavy atom. The number of hydrogen-bond acceptors (Lipinski definition) is 4. The number of nitrogens with zero attached hydrogens (tertiary/aromatic N) is 1. The van der Waals surface area contributed by atoms with Crippen LogP contribution in [0.1, 0.15) is 16.2 Å². The first-order chi connectivity index (χ1) is 12.1. The van der Waals surface area contributed by atoms with Crippen LogP contribution < -0.4 is 14.8 Å². The number of benzene rings is 2. The highest BCUT2D eigenvalue weighted by molar-refractivity contribution is 9.10. The maximum absolute atomic E-state index is 12.4. The van der Waals surface area contributed by atoms with Crippen LogP contribution in [0.5, 0.6) is 11.5 Å². The minimum absolute atomic E-state index is 0.194. The molecule has 1 heterocycles. The Labute approximate surface area is 153 Å². The van der Waals surface area contributed by atoms with Crippen molar-refractivity contribution in [3.63, 3.8) is 0 Å². The third-order valence-corrected chi connectivity index (χ3v) is 4.58. The molecule has 2 N–H and O–H groups in total. The van der Waals surface area contributed by atoms with E-state index in [1.807, 2.05) is 24.3 Å². The first-order valence-corrected chi connectivity index (χ1v) is 8.55. The summed E-state index contributed by atoms with van der Waals surface area (Å²) in [6.45, 7) is 0.472. The Bertz CT molecular complexity index is 849. The standard InChI is InChI=1S/C18H18BrN3O3/c1-24-14-9-11(10-15(25-2)17(14)19)18(23)20-8-7-16-21-12-5-3-4-6-13(12)22-16/h3-6,9-10H,7-8H2,1-2H3,(H,20,23)(H,21,22). The summed E-state index contributed by atoms with van der Waals surface area (Å²) >= 11 is 3.39. The van der Waals surface area contributed by atoms with Crippen molar-refractivity contribution in [2.45, 2.75) is 6.42 Å². The van der Waals surface area contributed by atoms with E-state index in [1.165, 1.54) is 0 Å². The number of aromatic nitrogens is 2. The number of ether oxygens (including phenoxy) is 2. The van der Waals surface area contributed by atoms with E-state index in [9.17, 15) is 4.79 Å². The van der Waals surface area contributed by atoms with Crippen molar-refractivity contribution in [2.75, 3.05) is 20.8 Å². The van der Waals surface area contributed by atoms with Crippen LogP contribution in [-0.4, -0.2) is 36.6 Å². The van der Waals surface area contributed by atoms with Crippen molar-refractivity contribution in [3.8, 4) is 11.5 Å².